The summed E-state index contributed by atoms with van der Waals surface area (Å²) < 4.78 is 10.8. The first-order valence-electron chi connectivity index (χ1n) is 7.12. The van der Waals surface area contributed by atoms with E-state index in [1.165, 1.54) is 7.11 Å². The molecule has 0 heterocycles. The molecule has 0 aliphatic heterocycles. The zero-order chi connectivity index (χ0) is 16.4. The molecule has 3 aromatic carbocycles. The number of phenols is 1. The van der Waals surface area contributed by atoms with Crippen LogP contribution in [0.25, 0.3) is 21.9 Å². The third kappa shape index (κ3) is 2.48. The van der Waals surface area contributed by atoms with E-state index in [1.807, 2.05) is 24.3 Å². The second kappa shape index (κ2) is 6.01. The average molecular weight is 308 g/mol. The molecule has 0 aliphatic carbocycles. The molecular weight excluding hydrogens is 292 g/mol. The minimum Gasteiger partial charge on any atom is -0.507 e. The zero-order valence-corrected chi connectivity index (χ0v) is 12.9. The number of phenolic OH excluding ortho intramolecular Hbond substituents is 1. The first kappa shape index (κ1) is 14.9. The van der Waals surface area contributed by atoms with E-state index < -0.39 is 0 Å². The number of hydrogen-bond donors (Lipinski definition) is 1. The van der Waals surface area contributed by atoms with Gasteiger partial charge in [-0.2, -0.15) is 0 Å². The number of aromatic hydroxyl groups is 1. The standard InChI is InChI=1S/C19H16O4/c1-22-17-7-3-5-12-9-16(21)15(10-14(12)17)19-13(11-20)6-4-8-18(19)23-2/h3-11,21H,1-2H3. The van der Waals surface area contributed by atoms with Crippen LogP contribution in [0.5, 0.6) is 17.2 Å². The van der Waals surface area contributed by atoms with E-state index in [9.17, 15) is 9.90 Å². The lowest BCUT2D eigenvalue weighted by atomic mass is 9.95. The molecule has 0 spiro atoms. The van der Waals surface area contributed by atoms with Crippen molar-refractivity contribution in [1.29, 1.82) is 0 Å². The molecule has 3 rings (SSSR count). The summed E-state index contributed by atoms with van der Waals surface area (Å²) >= 11 is 0. The lowest BCUT2D eigenvalue weighted by Gasteiger charge is -2.14. The number of methoxy groups -OCH3 is 2. The number of carbonyl (C=O) groups is 1. The van der Waals surface area contributed by atoms with Crippen LogP contribution in [0.4, 0.5) is 0 Å². The monoisotopic (exact) mass is 308 g/mol. The molecule has 0 bridgehead atoms. The molecule has 1 N–H and O–H groups in total. The van der Waals surface area contributed by atoms with Gasteiger partial charge in [0.25, 0.3) is 0 Å². The molecule has 0 unspecified atom stereocenters. The number of aldehydes is 1. The Morgan fingerprint density at radius 3 is 2.35 bits per heavy atom. The number of benzene rings is 3. The van der Waals surface area contributed by atoms with Crippen LogP contribution in [0, 0.1) is 0 Å². The summed E-state index contributed by atoms with van der Waals surface area (Å²) in [6.07, 6.45) is 0.754. The third-order valence-electron chi connectivity index (χ3n) is 3.85. The Balaban J connectivity index is 2.37. The fraction of sp³-hybridized carbons (Fsp3) is 0.105. The number of rotatable bonds is 4. The van der Waals surface area contributed by atoms with E-state index >= 15 is 0 Å². The number of ether oxygens (including phenoxy) is 2. The van der Waals surface area contributed by atoms with Crippen LogP contribution >= 0.6 is 0 Å². The van der Waals surface area contributed by atoms with Gasteiger partial charge in [-0.25, -0.2) is 0 Å². The first-order valence-corrected chi connectivity index (χ1v) is 7.12. The van der Waals surface area contributed by atoms with Gasteiger partial charge in [0.2, 0.25) is 0 Å². The van der Waals surface area contributed by atoms with Gasteiger partial charge in [-0.15, -0.1) is 0 Å². The molecule has 0 atom stereocenters. The van der Waals surface area contributed by atoms with Crippen molar-refractivity contribution in [1.82, 2.24) is 0 Å². The second-order valence-corrected chi connectivity index (χ2v) is 5.09. The molecule has 0 saturated heterocycles. The molecular formula is C19H16O4. The van der Waals surface area contributed by atoms with Gasteiger partial charge in [-0.1, -0.05) is 24.3 Å². The molecule has 0 saturated carbocycles. The summed E-state index contributed by atoms with van der Waals surface area (Å²) in [5, 5.41) is 12.2. The van der Waals surface area contributed by atoms with Gasteiger partial charge in [0.15, 0.2) is 6.29 Å². The van der Waals surface area contributed by atoms with Crippen LogP contribution in [0.1, 0.15) is 10.4 Å². The second-order valence-electron chi connectivity index (χ2n) is 5.09. The van der Waals surface area contributed by atoms with Crippen molar-refractivity contribution in [2.45, 2.75) is 0 Å². The molecule has 0 aliphatic rings. The summed E-state index contributed by atoms with van der Waals surface area (Å²) in [7, 11) is 3.13. The molecule has 4 heteroatoms. The first-order chi connectivity index (χ1) is 11.2. The van der Waals surface area contributed by atoms with Crippen LogP contribution in [0.3, 0.4) is 0 Å². The van der Waals surface area contributed by atoms with Crippen LogP contribution in [-0.2, 0) is 0 Å². The molecule has 0 radical (unpaired) electrons. The average Bonchev–Trinajstić information content (AvgIpc) is 2.59. The van der Waals surface area contributed by atoms with E-state index in [1.54, 1.807) is 31.4 Å². The SMILES string of the molecule is COc1cccc(C=O)c1-c1cc2c(OC)cccc2cc1O. The smallest absolute Gasteiger partial charge is 0.150 e. The highest BCUT2D eigenvalue weighted by Crippen LogP contribution is 2.41. The number of fused-ring (bicyclic) bond motifs is 1. The zero-order valence-electron chi connectivity index (χ0n) is 12.9. The fourth-order valence-electron chi connectivity index (χ4n) is 2.77. The summed E-state index contributed by atoms with van der Waals surface area (Å²) in [6.45, 7) is 0. The van der Waals surface area contributed by atoms with Gasteiger partial charge >= 0.3 is 0 Å². The maximum Gasteiger partial charge on any atom is 0.150 e. The summed E-state index contributed by atoms with van der Waals surface area (Å²) in [5.74, 6) is 1.31. The predicted molar refractivity (Wildman–Crippen MR) is 89.5 cm³/mol. The highest BCUT2D eigenvalue weighted by atomic mass is 16.5. The third-order valence-corrected chi connectivity index (χ3v) is 3.85. The van der Waals surface area contributed by atoms with E-state index in [0.717, 1.165) is 17.1 Å². The Hall–Kier alpha value is -3.01. The van der Waals surface area contributed by atoms with Crippen LogP contribution in [0.15, 0.2) is 48.5 Å². The van der Waals surface area contributed by atoms with E-state index in [0.29, 0.717) is 28.2 Å². The van der Waals surface area contributed by atoms with Gasteiger partial charge in [-0.3, -0.25) is 4.79 Å². The Labute approximate surface area is 133 Å². The number of hydrogen-bond acceptors (Lipinski definition) is 4. The maximum absolute atomic E-state index is 11.4. The van der Waals surface area contributed by atoms with Crippen molar-refractivity contribution in [3.05, 3.63) is 54.1 Å². The molecule has 116 valence electrons. The Morgan fingerprint density at radius 1 is 0.957 bits per heavy atom. The predicted octanol–water partition coefficient (Wildman–Crippen LogP) is 4.04. The van der Waals surface area contributed by atoms with Gasteiger partial charge in [-0.05, 0) is 29.7 Å². The van der Waals surface area contributed by atoms with E-state index in [2.05, 4.69) is 0 Å². The van der Waals surface area contributed by atoms with Crippen molar-refractivity contribution in [2.75, 3.05) is 14.2 Å². The van der Waals surface area contributed by atoms with Crippen molar-refractivity contribution in [2.24, 2.45) is 0 Å². The van der Waals surface area contributed by atoms with Gasteiger partial charge in [0.05, 0.1) is 14.2 Å². The van der Waals surface area contributed by atoms with E-state index in [4.69, 9.17) is 9.47 Å². The minimum absolute atomic E-state index is 0.0818. The largest absolute Gasteiger partial charge is 0.507 e. The van der Waals surface area contributed by atoms with Gasteiger partial charge in [0, 0.05) is 22.1 Å². The quantitative estimate of drug-likeness (QED) is 0.739. The Bertz CT molecular complexity index is 884. The van der Waals surface area contributed by atoms with Gasteiger partial charge < -0.3 is 14.6 Å². The molecule has 4 nitrogen and oxygen atoms in total. The molecule has 0 fully saturated rings. The Morgan fingerprint density at radius 2 is 1.65 bits per heavy atom. The van der Waals surface area contributed by atoms with Gasteiger partial charge in [0.1, 0.15) is 17.2 Å². The lowest BCUT2D eigenvalue weighted by Crippen LogP contribution is -1.94. The molecule has 23 heavy (non-hydrogen) atoms. The van der Waals surface area contributed by atoms with Crippen LogP contribution < -0.4 is 9.47 Å². The van der Waals surface area contributed by atoms with E-state index in [-0.39, 0.29) is 5.75 Å². The highest BCUT2D eigenvalue weighted by molar-refractivity contribution is 5.99. The summed E-state index contributed by atoms with van der Waals surface area (Å²) in [4.78, 5) is 11.4. The maximum atomic E-state index is 11.4. The van der Waals surface area contributed by atoms with Crippen LogP contribution in [0.2, 0.25) is 0 Å². The molecule has 3 aromatic rings. The van der Waals surface area contributed by atoms with Crippen molar-refractivity contribution in [3.8, 4) is 28.4 Å². The molecule has 0 amide bonds. The number of carbonyl (C=O) groups excluding carboxylic acids is 1. The van der Waals surface area contributed by atoms with Crippen molar-refractivity contribution in [3.63, 3.8) is 0 Å². The summed E-state index contributed by atoms with van der Waals surface area (Å²) in [6, 6.07) is 14.3. The fourth-order valence-corrected chi connectivity index (χ4v) is 2.77. The normalized spacial score (nSPS) is 10.5. The van der Waals surface area contributed by atoms with Crippen molar-refractivity contribution < 1.29 is 19.4 Å². The topological polar surface area (TPSA) is 55.8 Å². The van der Waals surface area contributed by atoms with Crippen molar-refractivity contribution >= 4 is 17.1 Å². The highest BCUT2D eigenvalue weighted by Gasteiger charge is 2.16. The lowest BCUT2D eigenvalue weighted by molar-refractivity contribution is 0.112. The molecule has 0 aromatic heterocycles. The van der Waals surface area contributed by atoms with Crippen LogP contribution in [-0.4, -0.2) is 25.6 Å². The Kier molecular flexibility index (Phi) is 3.89. The summed E-state index contributed by atoms with van der Waals surface area (Å²) in [5.41, 5.74) is 1.55. The minimum atomic E-state index is 0.0818.